The number of hydrogen-bond donors (Lipinski definition) is 2. The summed E-state index contributed by atoms with van der Waals surface area (Å²) < 4.78 is 0. The van der Waals surface area contributed by atoms with Crippen LogP contribution in [0.1, 0.15) is 47.0 Å². The van der Waals surface area contributed by atoms with Crippen molar-refractivity contribution in [1.82, 2.24) is 10.2 Å². The quantitative estimate of drug-likeness (QED) is 0.798. The zero-order valence-electron chi connectivity index (χ0n) is 12.5. The van der Waals surface area contributed by atoms with Gasteiger partial charge in [0.1, 0.15) is 0 Å². The first-order valence-electron chi connectivity index (χ1n) is 7.04. The highest BCUT2D eigenvalue weighted by molar-refractivity contribution is 5.81. The zero-order valence-corrected chi connectivity index (χ0v) is 12.5. The highest BCUT2D eigenvalue weighted by atomic mass is 16.2. The number of amides is 2. The first kappa shape index (κ1) is 16.0. The van der Waals surface area contributed by atoms with Gasteiger partial charge in [0.25, 0.3) is 0 Å². The average Bonchev–Trinajstić information content (AvgIpc) is 2.26. The lowest BCUT2D eigenvalue weighted by molar-refractivity contribution is -0.140. The summed E-state index contributed by atoms with van der Waals surface area (Å²) in [5.74, 6) is 0.198. The Hall–Kier alpha value is -1.10. The minimum absolute atomic E-state index is 0.00981. The molecule has 5 nitrogen and oxygen atoms in total. The van der Waals surface area contributed by atoms with Crippen LogP contribution in [-0.2, 0) is 9.59 Å². The molecule has 1 rings (SSSR count). The highest BCUT2D eigenvalue weighted by Gasteiger charge is 2.30. The van der Waals surface area contributed by atoms with Crippen LogP contribution < -0.4 is 11.1 Å². The lowest BCUT2D eigenvalue weighted by Crippen LogP contribution is -2.49. The minimum Gasteiger partial charge on any atom is -0.353 e. The summed E-state index contributed by atoms with van der Waals surface area (Å²) in [5, 5.41) is 2.99. The molecular weight excluding hydrogens is 242 g/mol. The van der Waals surface area contributed by atoms with E-state index >= 15 is 0 Å². The molecule has 110 valence electrons. The Labute approximate surface area is 115 Å². The lowest BCUT2D eigenvalue weighted by Gasteiger charge is -2.36. The van der Waals surface area contributed by atoms with Gasteiger partial charge in [0, 0.05) is 37.0 Å². The molecule has 1 fully saturated rings. The summed E-state index contributed by atoms with van der Waals surface area (Å²) >= 11 is 0. The molecule has 0 aliphatic carbocycles. The van der Waals surface area contributed by atoms with Crippen molar-refractivity contribution in [3.05, 3.63) is 0 Å². The van der Waals surface area contributed by atoms with Gasteiger partial charge in [0.15, 0.2) is 0 Å². The van der Waals surface area contributed by atoms with Gasteiger partial charge in [-0.05, 0) is 19.8 Å². The molecule has 1 atom stereocenters. The fourth-order valence-electron chi connectivity index (χ4n) is 2.28. The topological polar surface area (TPSA) is 75.4 Å². The van der Waals surface area contributed by atoms with Gasteiger partial charge in [-0.1, -0.05) is 20.8 Å². The largest absolute Gasteiger partial charge is 0.353 e. The average molecular weight is 269 g/mol. The van der Waals surface area contributed by atoms with Crippen molar-refractivity contribution in [1.29, 1.82) is 0 Å². The van der Waals surface area contributed by atoms with Crippen LogP contribution in [0.3, 0.4) is 0 Å². The van der Waals surface area contributed by atoms with E-state index in [0.717, 1.165) is 25.9 Å². The smallest absolute Gasteiger partial charge is 0.227 e. The molecule has 0 aromatic rings. The van der Waals surface area contributed by atoms with Crippen molar-refractivity contribution in [2.75, 3.05) is 13.1 Å². The van der Waals surface area contributed by atoms with Crippen LogP contribution in [0, 0.1) is 5.41 Å². The second-order valence-corrected chi connectivity index (χ2v) is 6.57. The molecule has 0 radical (unpaired) electrons. The van der Waals surface area contributed by atoms with Crippen LogP contribution in [-0.4, -0.2) is 41.9 Å². The highest BCUT2D eigenvalue weighted by Crippen LogP contribution is 2.20. The third-order valence-corrected chi connectivity index (χ3v) is 3.30. The van der Waals surface area contributed by atoms with Crippen LogP contribution in [0.25, 0.3) is 0 Å². The van der Waals surface area contributed by atoms with E-state index in [0.29, 0.717) is 6.42 Å². The monoisotopic (exact) mass is 269 g/mol. The maximum atomic E-state index is 12.1. The summed E-state index contributed by atoms with van der Waals surface area (Å²) in [4.78, 5) is 25.6. The number of likely N-dealkylation sites (tertiary alicyclic amines) is 1. The standard InChI is InChI=1S/C14H27N3O2/c1-10(15)9-12(18)16-11-5-7-17(8-6-11)13(19)14(2,3)4/h10-11H,5-9,15H2,1-4H3,(H,16,18). The maximum Gasteiger partial charge on any atom is 0.227 e. The van der Waals surface area contributed by atoms with Crippen LogP contribution >= 0.6 is 0 Å². The number of carbonyl (C=O) groups excluding carboxylic acids is 2. The number of nitrogens with zero attached hydrogens (tertiary/aromatic N) is 1. The Morgan fingerprint density at radius 1 is 1.32 bits per heavy atom. The van der Waals surface area contributed by atoms with Gasteiger partial charge in [-0.3, -0.25) is 9.59 Å². The van der Waals surface area contributed by atoms with Crippen molar-refractivity contribution in [2.45, 2.75) is 59.0 Å². The molecule has 0 bridgehead atoms. The van der Waals surface area contributed by atoms with E-state index in [4.69, 9.17) is 5.73 Å². The van der Waals surface area contributed by atoms with Crippen LogP contribution in [0.15, 0.2) is 0 Å². The predicted octanol–water partition coefficient (Wildman–Crippen LogP) is 0.877. The van der Waals surface area contributed by atoms with E-state index in [1.54, 1.807) is 0 Å². The molecule has 0 saturated carbocycles. The number of hydrogen-bond acceptors (Lipinski definition) is 3. The van der Waals surface area contributed by atoms with Gasteiger partial charge in [-0.15, -0.1) is 0 Å². The molecule has 0 aromatic heterocycles. The van der Waals surface area contributed by atoms with Crippen molar-refractivity contribution in [3.8, 4) is 0 Å². The normalized spacial score (nSPS) is 19.1. The Morgan fingerprint density at radius 2 is 1.84 bits per heavy atom. The number of rotatable bonds is 3. The fraction of sp³-hybridized carbons (Fsp3) is 0.857. The summed E-state index contributed by atoms with van der Waals surface area (Å²) in [6, 6.07) is 0.0674. The molecule has 1 unspecified atom stereocenters. The van der Waals surface area contributed by atoms with Gasteiger partial charge in [0.2, 0.25) is 11.8 Å². The first-order chi connectivity index (χ1) is 8.70. The molecule has 3 N–H and O–H groups in total. The van der Waals surface area contributed by atoms with Gasteiger partial charge < -0.3 is 16.0 Å². The van der Waals surface area contributed by atoms with Crippen molar-refractivity contribution in [3.63, 3.8) is 0 Å². The number of carbonyl (C=O) groups is 2. The predicted molar refractivity (Wildman–Crippen MR) is 75.5 cm³/mol. The third kappa shape index (κ3) is 5.19. The molecule has 2 amide bonds. The SMILES string of the molecule is CC(N)CC(=O)NC1CCN(C(=O)C(C)(C)C)CC1. The number of piperidine rings is 1. The van der Waals surface area contributed by atoms with Crippen molar-refractivity contribution < 1.29 is 9.59 Å². The molecule has 0 aromatic carbocycles. The van der Waals surface area contributed by atoms with Crippen molar-refractivity contribution in [2.24, 2.45) is 11.1 Å². The first-order valence-corrected chi connectivity index (χ1v) is 7.04. The molecule has 1 aliphatic rings. The summed E-state index contributed by atoms with van der Waals surface area (Å²) in [6.45, 7) is 9.08. The lowest BCUT2D eigenvalue weighted by atomic mass is 9.93. The Bertz CT molecular complexity index is 326. The molecule has 5 heteroatoms. The molecule has 1 saturated heterocycles. The van der Waals surface area contributed by atoms with Gasteiger partial charge in [-0.25, -0.2) is 0 Å². The fourth-order valence-corrected chi connectivity index (χ4v) is 2.28. The molecule has 1 aliphatic heterocycles. The van der Waals surface area contributed by atoms with Gasteiger partial charge >= 0.3 is 0 Å². The Kier molecular flexibility index (Phi) is 5.35. The van der Waals surface area contributed by atoms with Crippen LogP contribution in [0.2, 0.25) is 0 Å². The third-order valence-electron chi connectivity index (χ3n) is 3.30. The second-order valence-electron chi connectivity index (χ2n) is 6.57. The summed E-state index contributed by atoms with van der Waals surface area (Å²) in [7, 11) is 0. The minimum atomic E-state index is -0.328. The van der Waals surface area contributed by atoms with Gasteiger partial charge in [-0.2, -0.15) is 0 Å². The summed E-state index contributed by atoms with van der Waals surface area (Å²) in [6.07, 6.45) is 2.01. The zero-order chi connectivity index (χ0) is 14.6. The van der Waals surface area contributed by atoms with E-state index < -0.39 is 0 Å². The number of nitrogens with two attached hydrogens (primary N) is 1. The van der Waals surface area contributed by atoms with E-state index in [-0.39, 0.29) is 29.3 Å². The Balaban J connectivity index is 2.37. The van der Waals surface area contributed by atoms with E-state index in [1.165, 1.54) is 0 Å². The molecule has 19 heavy (non-hydrogen) atoms. The number of nitrogens with one attached hydrogen (secondary N) is 1. The molecule has 1 heterocycles. The molecular formula is C14H27N3O2. The van der Waals surface area contributed by atoms with E-state index in [2.05, 4.69) is 5.32 Å². The molecule has 0 spiro atoms. The van der Waals surface area contributed by atoms with Crippen LogP contribution in [0.5, 0.6) is 0 Å². The van der Waals surface area contributed by atoms with Crippen molar-refractivity contribution >= 4 is 11.8 Å². The Morgan fingerprint density at radius 3 is 2.26 bits per heavy atom. The van der Waals surface area contributed by atoms with E-state index in [9.17, 15) is 9.59 Å². The maximum absolute atomic E-state index is 12.1. The summed E-state index contributed by atoms with van der Waals surface area (Å²) in [5.41, 5.74) is 5.27. The van der Waals surface area contributed by atoms with E-state index in [1.807, 2.05) is 32.6 Å². The van der Waals surface area contributed by atoms with Gasteiger partial charge in [0.05, 0.1) is 0 Å². The van der Waals surface area contributed by atoms with Crippen LogP contribution in [0.4, 0.5) is 0 Å². The second kappa shape index (κ2) is 6.37.